The van der Waals surface area contributed by atoms with Gasteiger partial charge < -0.3 is 10.6 Å². The average Bonchev–Trinajstić information content (AvgIpc) is 2.16. The number of nitro benzene ring substituents is 1. The minimum absolute atomic E-state index is 0.0936. The first-order valence-electron chi connectivity index (χ1n) is 3.51. The van der Waals surface area contributed by atoms with E-state index in [0.29, 0.717) is 0 Å². The van der Waals surface area contributed by atoms with E-state index >= 15 is 0 Å². The van der Waals surface area contributed by atoms with Crippen LogP contribution in [0.15, 0.2) is 18.2 Å². The number of benzene rings is 1. The highest BCUT2D eigenvalue weighted by atomic mass is 16.6. The number of hydrogen-bond acceptors (Lipinski definition) is 5. The molecule has 1 aromatic carbocycles. The highest BCUT2D eigenvalue weighted by Gasteiger charge is 2.16. The van der Waals surface area contributed by atoms with E-state index in [0.717, 1.165) is 12.1 Å². The SMILES string of the molecule is NOc1cc(C(N)=O)ccc1[N+](=O)[O-]. The summed E-state index contributed by atoms with van der Waals surface area (Å²) in [4.78, 5) is 24.7. The summed E-state index contributed by atoms with van der Waals surface area (Å²) in [5.41, 5.74) is 4.73. The zero-order chi connectivity index (χ0) is 10.7. The maximum atomic E-state index is 10.7. The highest BCUT2D eigenvalue weighted by Crippen LogP contribution is 2.26. The van der Waals surface area contributed by atoms with Crippen molar-refractivity contribution in [2.45, 2.75) is 0 Å². The summed E-state index contributed by atoms with van der Waals surface area (Å²) in [5, 5.41) is 10.4. The second-order valence-corrected chi connectivity index (χ2v) is 2.42. The molecule has 0 bridgehead atoms. The molecule has 0 aromatic heterocycles. The summed E-state index contributed by atoms with van der Waals surface area (Å²) in [5.74, 6) is 3.89. The predicted molar refractivity (Wildman–Crippen MR) is 46.4 cm³/mol. The molecule has 7 nitrogen and oxygen atoms in total. The van der Waals surface area contributed by atoms with Crippen LogP contribution in [0.25, 0.3) is 0 Å². The van der Waals surface area contributed by atoms with Crippen LogP contribution in [0.1, 0.15) is 10.4 Å². The number of nitro groups is 1. The molecule has 0 radical (unpaired) electrons. The van der Waals surface area contributed by atoms with Crippen LogP contribution in [0, 0.1) is 10.1 Å². The summed E-state index contributed by atoms with van der Waals surface area (Å²) < 4.78 is 0. The molecule has 0 atom stereocenters. The number of primary amides is 1. The lowest BCUT2D eigenvalue weighted by Crippen LogP contribution is -2.12. The zero-order valence-corrected chi connectivity index (χ0v) is 6.97. The molecule has 0 saturated carbocycles. The molecule has 14 heavy (non-hydrogen) atoms. The molecule has 7 heteroatoms. The summed E-state index contributed by atoms with van der Waals surface area (Å²) in [6.45, 7) is 0. The number of nitrogens with zero attached hydrogens (tertiary/aromatic N) is 1. The molecular weight excluding hydrogens is 190 g/mol. The molecule has 0 fully saturated rings. The Morgan fingerprint density at radius 3 is 2.57 bits per heavy atom. The molecule has 0 aliphatic rings. The van der Waals surface area contributed by atoms with Gasteiger partial charge in [0.15, 0.2) is 0 Å². The van der Waals surface area contributed by atoms with Gasteiger partial charge >= 0.3 is 5.69 Å². The molecular formula is C7H7N3O4. The van der Waals surface area contributed by atoms with Crippen LogP contribution < -0.4 is 16.5 Å². The van der Waals surface area contributed by atoms with Gasteiger partial charge in [-0.15, -0.1) is 0 Å². The monoisotopic (exact) mass is 197 g/mol. The van der Waals surface area contributed by atoms with E-state index in [1.807, 2.05) is 0 Å². The molecule has 1 aromatic rings. The Morgan fingerprint density at radius 1 is 1.50 bits per heavy atom. The molecule has 4 N–H and O–H groups in total. The lowest BCUT2D eigenvalue weighted by atomic mass is 10.2. The molecule has 1 rings (SSSR count). The number of carbonyl (C=O) groups is 1. The molecule has 0 unspecified atom stereocenters. The lowest BCUT2D eigenvalue weighted by molar-refractivity contribution is -0.385. The third-order valence-electron chi connectivity index (χ3n) is 1.57. The number of amides is 1. The van der Waals surface area contributed by atoms with Crippen LogP contribution in [0.4, 0.5) is 5.69 Å². The maximum absolute atomic E-state index is 10.7. The number of carbonyl (C=O) groups excluding carboxylic acids is 1. The Labute approximate surface area is 78.4 Å². The van der Waals surface area contributed by atoms with Gasteiger partial charge in [0.25, 0.3) is 0 Å². The minimum Gasteiger partial charge on any atom is -0.404 e. The second kappa shape index (κ2) is 3.71. The first-order chi connectivity index (χ1) is 6.56. The second-order valence-electron chi connectivity index (χ2n) is 2.42. The molecule has 0 heterocycles. The Kier molecular flexibility index (Phi) is 2.63. The fourth-order valence-corrected chi connectivity index (χ4v) is 0.913. The van der Waals surface area contributed by atoms with Gasteiger partial charge in [-0.25, -0.2) is 0 Å². The van der Waals surface area contributed by atoms with Crippen LogP contribution in [-0.2, 0) is 0 Å². The van der Waals surface area contributed by atoms with Gasteiger partial charge in [0.05, 0.1) is 4.92 Å². The van der Waals surface area contributed by atoms with Crippen LogP contribution >= 0.6 is 0 Å². The first-order valence-corrected chi connectivity index (χ1v) is 3.51. The first kappa shape index (κ1) is 9.93. The molecule has 0 spiro atoms. The average molecular weight is 197 g/mol. The van der Waals surface area contributed by atoms with E-state index < -0.39 is 10.8 Å². The van der Waals surface area contributed by atoms with Crippen molar-refractivity contribution in [2.24, 2.45) is 11.6 Å². The van der Waals surface area contributed by atoms with E-state index in [4.69, 9.17) is 11.6 Å². The standard InChI is InChI=1S/C7H7N3O4/c8-7(11)4-1-2-5(10(12)13)6(3-4)14-9/h1-3H,9H2,(H2,8,11). The predicted octanol–water partition coefficient (Wildman–Crippen LogP) is -0.0538. The fraction of sp³-hybridized carbons (Fsp3) is 0. The van der Waals surface area contributed by atoms with Crippen molar-refractivity contribution in [3.05, 3.63) is 33.9 Å². The number of rotatable bonds is 3. The van der Waals surface area contributed by atoms with Gasteiger partial charge in [0.1, 0.15) is 0 Å². The molecule has 1 amide bonds. The molecule has 0 aliphatic carbocycles. The van der Waals surface area contributed by atoms with Crippen molar-refractivity contribution in [3.8, 4) is 5.75 Å². The van der Waals surface area contributed by atoms with Crippen LogP contribution in [0.3, 0.4) is 0 Å². The van der Waals surface area contributed by atoms with E-state index in [1.54, 1.807) is 0 Å². The molecule has 0 saturated heterocycles. The lowest BCUT2D eigenvalue weighted by Gasteiger charge is -2.01. The number of nitrogens with two attached hydrogens (primary N) is 2. The summed E-state index contributed by atoms with van der Waals surface area (Å²) in [6, 6.07) is 3.44. The van der Waals surface area contributed by atoms with Crippen molar-refractivity contribution in [1.29, 1.82) is 0 Å². The maximum Gasteiger partial charge on any atom is 0.313 e. The largest absolute Gasteiger partial charge is 0.404 e. The van der Waals surface area contributed by atoms with Gasteiger partial charge in [-0.05, 0) is 6.07 Å². The molecule has 74 valence electrons. The van der Waals surface area contributed by atoms with Crippen molar-refractivity contribution >= 4 is 11.6 Å². The van der Waals surface area contributed by atoms with Crippen LogP contribution in [-0.4, -0.2) is 10.8 Å². The fourth-order valence-electron chi connectivity index (χ4n) is 0.913. The van der Waals surface area contributed by atoms with E-state index in [1.165, 1.54) is 6.07 Å². The van der Waals surface area contributed by atoms with E-state index in [2.05, 4.69) is 4.84 Å². The van der Waals surface area contributed by atoms with Crippen molar-refractivity contribution < 1.29 is 14.6 Å². The van der Waals surface area contributed by atoms with E-state index in [-0.39, 0.29) is 17.0 Å². The normalized spacial score (nSPS) is 9.50. The quantitative estimate of drug-likeness (QED) is 0.519. The third-order valence-corrected chi connectivity index (χ3v) is 1.57. The van der Waals surface area contributed by atoms with Gasteiger partial charge in [0, 0.05) is 17.7 Å². The van der Waals surface area contributed by atoms with Gasteiger partial charge in [-0.2, -0.15) is 5.90 Å². The summed E-state index contributed by atoms with van der Waals surface area (Å²) in [6.07, 6.45) is 0. The third kappa shape index (κ3) is 1.77. The van der Waals surface area contributed by atoms with E-state index in [9.17, 15) is 14.9 Å². The van der Waals surface area contributed by atoms with Gasteiger partial charge in [-0.3, -0.25) is 14.9 Å². The highest BCUT2D eigenvalue weighted by molar-refractivity contribution is 5.93. The van der Waals surface area contributed by atoms with Crippen molar-refractivity contribution in [3.63, 3.8) is 0 Å². The topological polar surface area (TPSA) is 121 Å². The van der Waals surface area contributed by atoms with Crippen molar-refractivity contribution in [2.75, 3.05) is 0 Å². The van der Waals surface area contributed by atoms with Gasteiger partial charge in [-0.1, -0.05) is 0 Å². The minimum atomic E-state index is -0.710. The Hall–Kier alpha value is -2.15. The Morgan fingerprint density at radius 2 is 2.14 bits per heavy atom. The summed E-state index contributed by atoms with van der Waals surface area (Å²) in [7, 11) is 0. The summed E-state index contributed by atoms with van der Waals surface area (Å²) >= 11 is 0. The smallest absolute Gasteiger partial charge is 0.313 e. The Bertz CT molecular complexity index is 391. The molecule has 0 aliphatic heterocycles. The van der Waals surface area contributed by atoms with Gasteiger partial charge in [0.2, 0.25) is 11.7 Å². The van der Waals surface area contributed by atoms with Crippen LogP contribution in [0.2, 0.25) is 0 Å². The van der Waals surface area contributed by atoms with Crippen molar-refractivity contribution in [1.82, 2.24) is 0 Å². The number of hydrogen-bond donors (Lipinski definition) is 2. The zero-order valence-electron chi connectivity index (χ0n) is 6.97. The Balaban J connectivity index is 3.25. The van der Waals surface area contributed by atoms with Crippen LogP contribution in [0.5, 0.6) is 5.75 Å².